The normalized spacial score (nSPS) is 30.0. The van der Waals surface area contributed by atoms with Gasteiger partial charge in [0.2, 0.25) is 0 Å². The first-order valence-electron chi connectivity index (χ1n) is 3.71. The van der Waals surface area contributed by atoms with Crippen molar-refractivity contribution in [2.75, 3.05) is 0 Å². The Hall–Kier alpha value is -0.380. The van der Waals surface area contributed by atoms with Gasteiger partial charge in [-0.15, -0.1) is 11.3 Å². The molecule has 0 radical (unpaired) electrons. The van der Waals surface area contributed by atoms with Crippen molar-refractivity contribution in [1.29, 1.82) is 0 Å². The predicted molar refractivity (Wildman–Crippen MR) is 43.6 cm³/mol. The smallest absolute Gasteiger partial charge is 0.106 e. The summed E-state index contributed by atoms with van der Waals surface area (Å²) in [4.78, 5) is 1.22. The SMILES string of the molecule is OC1CCc2sccc2C1O. The Morgan fingerprint density at radius 2 is 2.27 bits per heavy atom. The zero-order valence-electron chi connectivity index (χ0n) is 6.03. The van der Waals surface area contributed by atoms with Crippen LogP contribution in [0.1, 0.15) is 23.0 Å². The first kappa shape index (κ1) is 7.28. The lowest BCUT2D eigenvalue weighted by Gasteiger charge is -2.23. The van der Waals surface area contributed by atoms with E-state index in [4.69, 9.17) is 0 Å². The number of rotatable bonds is 0. The number of fused-ring (bicyclic) bond motifs is 1. The lowest BCUT2D eigenvalue weighted by molar-refractivity contribution is 0.00726. The Labute approximate surface area is 69.1 Å². The number of hydrogen-bond acceptors (Lipinski definition) is 3. The van der Waals surface area contributed by atoms with Crippen LogP contribution in [0.5, 0.6) is 0 Å². The summed E-state index contributed by atoms with van der Waals surface area (Å²) in [6, 6.07) is 1.90. The van der Waals surface area contributed by atoms with Crippen molar-refractivity contribution in [3.63, 3.8) is 0 Å². The molecule has 1 aliphatic rings. The van der Waals surface area contributed by atoms with Gasteiger partial charge in [-0.1, -0.05) is 0 Å². The summed E-state index contributed by atoms with van der Waals surface area (Å²) >= 11 is 1.66. The summed E-state index contributed by atoms with van der Waals surface area (Å²) in [5.41, 5.74) is 0.925. The second-order valence-corrected chi connectivity index (χ2v) is 3.85. The number of aliphatic hydroxyl groups excluding tert-OH is 2. The van der Waals surface area contributed by atoms with Gasteiger partial charge in [-0.25, -0.2) is 0 Å². The fourth-order valence-electron chi connectivity index (χ4n) is 1.46. The fourth-order valence-corrected chi connectivity index (χ4v) is 2.40. The molecule has 11 heavy (non-hydrogen) atoms. The van der Waals surface area contributed by atoms with Gasteiger partial charge in [0.05, 0.1) is 6.10 Å². The highest BCUT2D eigenvalue weighted by Crippen LogP contribution is 2.33. The molecule has 2 N–H and O–H groups in total. The summed E-state index contributed by atoms with van der Waals surface area (Å²) < 4.78 is 0. The third kappa shape index (κ3) is 1.09. The highest BCUT2D eigenvalue weighted by Gasteiger charge is 2.26. The second kappa shape index (κ2) is 2.59. The monoisotopic (exact) mass is 170 g/mol. The van der Waals surface area contributed by atoms with Crippen LogP contribution in [0.15, 0.2) is 11.4 Å². The van der Waals surface area contributed by atoms with Crippen LogP contribution in [0.2, 0.25) is 0 Å². The molecule has 0 aromatic carbocycles. The molecule has 3 heteroatoms. The number of aliphatic hydroxyl groups is 2. The van der Waals surface area contributed by atoms with Crippen molar-refractivity contribution in [3.05, 3.63) is 21.9 Å². The molecule has 60 valence electrons. The first-order chi connectivity index (χ1) is 5.29. The molecule has 2 nitrogen and oxygen atoms in total. The van der Waals surface area contributed by atoms with E-state index >= 15 is 0 Å². The van der Waals surface area contributed by atoms with E-state index in [1.807, 2.05) is 11.4 Å². The van der Waals surface area contributed by atoms with E-state index in [9.17, 15) is 10.2 Å². The summed E-state index contributed by atoms with van der Waals surface area (Å²) in [7, 11) is 0. The third-order valence-corrected chi connectivity index (χ3v) is 3.13. The average molecular weight is 170 g/mol. The molecule has 0 aliphatic heterocycles. The summed E-state index contributed by atoms with van der Waals surface area (Å²) in [5.74, 6) is 0. The topological polar surface area (TPSA) is 40.5 Å². The van der Waals surface area contributed by atoms with Crippen LogP contribution in [-0.2, 0) is 6.42 Å². The minimum Gasteiger partial charge on any atom is -0.390 e. The van der Waals surface area contributed by atoms with Gasteiger partial charge in [-0.2, -0.15) is 0 Å². The maximum absolute atomic E-state index is 9.48. The van der Waals surface area contributed by atoms with Gasteiger partial charge in [0.25, 0.3) is 0 Å². The molecular formula is C8H10O2S. The van der Waals surface area contributed by atoms with Crippen LogP contribution in [0.25, 0.3) is 0 Å². The van der Waals surface area contributed by atoms with E-state index < -0.39 is 12.2 Å². The lowest BCUT2D eigenvalue weighted by atomic mass is 9.94. The lowest BCUT2D eigenvalue weighted by Crippen LogP contribution is -2.23. The van der Waals surface area contributed by atoms with Crippen LogP contribution in [0.4, 0.5) is 0 Å². The van der Waals surface area contributed by atoms with Crippen molar-refractivity contribution in [2.45, 2.75) is 25.0 Å². The maximum atomic E-state index is 9.48. The van der Waals surface area contributed by atoms with Crippen molar-refractivity contribution in [1.82, 2.24) is 0 Å². The van der Waals surface area contributed by atoms with Crippen molar-refractivity contribution >= 4 is 11.3 Å². The van der Waals surface area contributed by atoms with Crippen LogP contribution in [0.3, 0.4) is 0 Å². The van der Waals surface area contributed by atoms with E-state index in [1.165, 1.54) is 4.88 Å². The average Bonchev–Trinajstić information content (AvgIpc) is 2.45. The molecule has 0 saturated heterocycles. The zero-order valence-corrected chi connectivity index (χ0v) is 6.84. The number of aryl methyl sites for hydroxylation is 1. The van der Waals surface area contributed by atoms with E-state index in [1.54, 1.807) is 11.3 Å². The van der Waals surface area contributed by atoms with E-state index in [0.29, 0.717) is 6.42 Å². The molecule has 0 bridgehead atoms. The van der Waals surface area contributed by atoms with Gasteiger partial charge in [-0.05, 0) is 29.9 Å². The van der Waals surface area contributed by atoms with Crippen LogP contribution in [0, 0.1) is 0 Å². The minimum absolute atomic E-state index is 0.558. The highest BCUT2D eigenvalue weighted by molar-refractivity contribution is 7.10. The summed E-state index contributed by atoms with van der Waals surface area (Å²) in [6.45, 7) is 0. The maximum Gasteiger partial charge on any atom is 0.106 e. The molecular weight excluding hydrogens is 160 g/mol. The Morgan fingerprint density at radius 1 is 1.45 bits per heavy atom. The van der Waals surface area contributed by atoms with Gasteiger partial charge in [0, 0.05) is 4.88 Å². The fraction of sp³-hybridized carbons (Fsp3) is 0.500. The molecule has 1 aromatic rings. The highest BCUT2D eigenvalue weighted by atomic mass is 32.1. The number of thiophene rings is 1. The predicted octanol–water partition coefficient (Wildman–Crippen LogP) is 1.09. The molecule has 2 unspecified atom stereocenters. The van der Waals surface area contributed by atoms with Crippen LogP contribution in [-0.4, -0.2) is 16.3 Å². The van der Waals surface area contributed by atoms with E-state index in [2.05, 4.69) is 0 Å². The van der Waals surface area contributed by atoms with Crippen molar-refractivity contribution in [3.8, 4) is 0 Å². The van der Waals surface area contributed by atoms with Crippen molar-refractivity contribution in [2.24, 2.45) is 0 Å². The van der Waals surface area contributed by atoms with E-state index in [0.717, 1.165) is 12.0 Å². The molecule has 1 aromatic heterocycles. The minimum atomic E-state index is -0.648. The van der Waals surface area contributed by atoms with Crippen LogP contribution < -0.4 is 0 Å². The summed E-state index contributed by atoms with van der Waals surface area (Å²) in [6.07, 6.45) is 0.391. The standard InChI is InChI=1S/C8H10O2S/c9-6-1-2-7-5(8(6)10)3-4-11-7/h3-4,6,8-10H,1-2H2. The van der Waals surface area contributed by atoms with Gasteiger partial charge >= 0.3 is 0 Å². The van der Waals surface area contributed by atoms with Gasteiger partial charge in [0.1, 0.15) is 6.10 Å². The largest absolute Gasteiger partial charge is 0.390 e. The molecule has 0 amide bonds. The molecule has 0 spiro atoms. The second-order valence-electron chi connectivity index (χ2n) is 2.85. The number of hydrogen-bond donors (Lipinski definition) is 2. The molecule has 1 aliphatic carbocycles. The Kier molecular flexibility index (Phi) is 1.71. The van der Waals surface area contributed by atoms with Gasteiger partial charge in [0.15, 0.2) is 0 Å². The van der Waals surface area contributed by atoms with E-state index in [-0.39, 0.29) is 0 Å². The Morgan fingerprint density at radius 3 is 3.09 bits per heavy atom. The molecule has 2 atom stereocenters. The first-order valence-corrected chi connectivity index (χ1v) is 4.59. The third-order valence-electron chi connectivity index (χ3n) is 2.13. The van der Waals surface area contributed by atoms with Gasteiger partial charge in [-0.3, -0.25) is 0 Å². The Bertz CT molecular complexity index is 256. The summed E-state index contributed by atoms with van der Waals surface area (Å²) in [5, 5.41) is 20.7. The van der Waals surface area contributed by atoms with Gasteiger partial charge < -0.3 is 10.2 Å². The molecule has 1 heterocycles. The quantitative estimate of drug-likeness (QED) is 0.612. The van der Waals surface area contributed by atoms with Crippen LogP contribution >= 0.6 is 11.3 Å². The molecule has 0 saturated carbocycles. The zero-order chi connectivity index (χ0) is 7.84. The molecule has 2 rings (SSSR count). The Balaban J connectivity index is 2.38. The van der Waals surface area contributed by atoms with Crippen molar-refractivity contribution < 1.29 is 10.2 Å². The molecule has 0 fully saturated rings.